The Kier molecular flexibility index (Phi) is 11.9. The van der Waals surface area contributed by atoms with Crippen LogP contribution in [0.4, 0.5) is 34.1 Å². The number of benzene rings is 16. The summed E-state index contributed by atoms with van der Waals surface area (Å²) in [6.45, 7) is -0.141. The normalized spacial score (nSPS) is 13.7. The molecule has 4 aromatic heterocycles. The highest BCUT2D eigenvalue weighted by molar-refractivity contribution is 7.27. The van der Waals surface area contributed by atoms with E-state index < -0.39 is 5.41 Å². The molecule has 16 aromatic carbocycles. The molecule has 484 valence electrons. The van der Waals surface area contributed by atoms with E-state index in [-0.39, 0.29) is 13.4 Å². The standard InChI is InChI=1S/C97H58B2N4S2/c1-5-25-59(26-6-1)98-77-37-17-21-41-83(77)102(61-29-9-3-10-30-61)93-79(98)53-51-75-89(93)71-57-63(100-81-39-19-13-35-69(81)91-85(100)55-47-67-65-33-15-23-43-87(65)104-95(67)91)45-49-73(71)97(75)74-50-46-64(101-82-40-20-14-36-70(82)92-86(101)56-48-68-66-34-16-24-44-88(66)105-96(68)92)58-72(74)90-76(97)52-54-80-94(90)103(62-31-11-4-12-32-62)84-42-22-18-38-78(84)99(80)60-27-7-2-8-28-60/h1-58H. The van der Waals surface area contributed by atoms with Crippen LogP contribution in [-0.2, 0) is 5.41 Å². The molecule has 0 radical (unpaired) electrons. The number of nitrogens with zero attached hydrogens (tertiary/aromatic N) is 4. The predicted molar refractivity (Wildman–Crippen MR) is 449 cm³/mol. The SMILES string of the molecule is c1ccc(B2c3ccccc3N(c3ccccc3)c3c2ccc2c3-c3cc(-n4c5ccccc5c5c6sc7ccccc7c6ccc54)ccc3C23c2ccc(-n4c5ccccc5c5c6sc7ccccc7c6ccc54)cc2-c2c3ccc3c2N(c2ccccc2)c2ccccc2B3c2ccccc2)cc1. The van der Waals surface area contributed by atoms with E-state index in [9.17, 15) is 0 Å². The lowest BCUT2D eigenvalue weighted by atomic mass is 9.35. The van der Waals surface area contributed by atoms with Gasteiger partial charge < -0.3 is 18.9 Å². The second-order valence-corrected chi connectivity index (χ2v) is 30.9. The Balaban J connectivity index is 0.861. The number of hydrogen-bond donors (Lipinski definition) is 0. The molecule has 0 N–H and O–H groups in total. The van der Waals surface area contributed by atoms with Gasteiger partial charge in [-0.1, -0.05) is 266 Å². The van der Waals surface area contributed by atoms with Crippen LogP contribution in [0.1, 0.15) is 22.3 Å². The molecule has 1 spiro atoms. The number of fused-ring (bicyclic) bond motifs is 30. The molecule has 105 heavy (non-hydrogen) atoms. The Morgan fingerprint density at radius 2 is 0.629 bits per heavy atom. The Hall–Kier alpha value is -12.7. The zero-order valence-corrected chi connectivity index (χ0v) is 58.4. The molecule has 2 aliphatic carbocycles. The van der Waals surface area contributed by atoms with E-state index in [1.54, 1.807) is 0 Å². The third-order valence-electron chi connectivity index (χ3n) is 23.8. The van der Waals surface area contributed by atoms with Gasteiger partial charge >= 0.3 is 0 Å². The molecule has 0 saturated carbocycles. The van der Waals surface area contributed by atoms with Crippen molar-refractivity contribution in [1.82, 2.24) is 9.13 Å². The number of aromatic nitrogens is 2. The first-order valence-corrected chi connectivity index (χ1v) is 38.1. The summed E-state index contributed by atoms with van der Waals surface area (Å²) < 4.78 is 10.4. The van der Waals surface area contributed by atoms with E-state index in [1.807, 2.05) is 22.7 Å². The van der Waals surface area contributed by atoms with Crippen molar-refractivity contribution in [2.24, 2.45) is 0 Å². The quantitative estimate of drug-likeness (QED) is 0.154. The van der Waals surface area contributed by atoms with Crippen molar-refractivity contribution in [3.63, 3.8) is 0 Å². The van der Waals surface area contributed by atoms with Gasteiger partial charge in [0.2, 0.25) is 13.4 Å². The summed E-state index contributed by atoms with van der Waals surface area (Å²) in [6.07, 6.45) is 0. The number of hydrogen-bond acceptors (Lipinski definition) is 4. The van der Waals surface area contributed by atoms with Gasteiger partial charge in [-0.05, 0) is 152 Å². The molecule has 8 heteroatoms. The largest absolute Gasteiger partial charge is 0.311 e. The Labute approximate surface area is 614 Å². The molecule has 0 unspecified atom stereocenters. The van der Waals surface area contributed by atoms with E-state index in [2.05, 4.69) is 371 Å². The average Bonchev–Trinajstić information content (AvgIpc) is 1.49. The predicted octanol–water partition coefficient (Wildman–Crippen LogP) is 21.6. The van der Waals surface area contributed by atoms with Crippen molar-refractivity contribution in [3.8, 4) is 33.6 Å². The molecule has 24 rings (SSSR count). The van der Waals surface area contributed by atoms with Gasteiger partial charge in [-0.2, -0.15) is 0 Å². The molecule has 0 atom stereocenters. The smallest absolute Gasteiger partial charge is 0.246 e. The van der Waals surface area contributed by atoms with Gasteiger partial charge in [-0.25, -0.2) is 0 Å². The first-order chi connectivity index (χ1) is 52.2. The fourth-order valence-electron chi connectivity index (χ4n) is 19.8. The summed E-state index contributed by atoms with van der Waals surface area (Å²) in [5.74, 6) is 0. The minimum absolute atomic E-state index is 0.0703. The lowest BCUT2D eigenvalue weighted by molar-refractivity contribution is 0.793. The highest BCUT2D eigenvalue weighted by Gasteiger charge is 2.56. The summed E-state index contributed by atoms with van der Waals surface area (Å²) in [4.78, 5) is 5.25. The van der Waals surface area contributed by atoms with Crippen LogP contribution < -0.4 is 42.6 Å². The maximum Gasteiger partial charge on any atom is 0.246 e. The van der Waals surface area contributed by atoms with Gasteiger partial charge in [0.05, 0.1) is 27.5 Å². The zero-order valence-electron chi connectivity index (χ0n) is 56.7. The van der Waals surface area contributed by atoms with Gasteiger partial charge in [0.25, 0.3) is 0 Å². The molecule has 20 aromatic rings. The monoisotopic (exact) mass is 1360 g/mol. The molecule has 0 bridgehead atoms. The molecule has 2 aliphatic heterocycles. The van der Waals surface area contributed by atoms with Crippen LogP contribution in [0.15, 0.2) is 352 Å². The van der Waals surface area contributed by atoms with Crippen molar-refractivity contribution in [3.05, 3.63) is 374 Å². The van der Waals surface area contributed by atoms with Crippen LogP contribution in [0.2, 0.25) is 0 Å². The minimum Gasteiger partial charge on any atom is -0.311 e. The van der Waals surface area contributed by atoms with Crippen LogP contribution >= 0.6 is 22.7 Å². The number of para-hydroxylation sites is 6. The Bertz CT molecular complexity index is 6710. The fraction of sp³-hybridized carbons (Fsp3) is 0.0103. The summed E-state index contributed by atoms with van der Waals surface area (Å²) in [7, 11) is 0. The summed E-state index contributed by atoms with van der Waals surface area (Å²) in [6, 6.07) is 134. The fourth-order valence-corrected chi connectivity index (χ4v) is 22.3. The van der Waals surface area contributed by atoms with Crippen molar-refractivity contribution >= 4 is 187 Å². The summed E-state index contributed by atoms with van der Waals surface area (Å²) in [5.41, 5.74) is 30.9. The lowest BCUT2D eigenvalue weighted by Gasteiger charge is -2.40. The molecule has 0 amide bonds. The second-order valence-electron chi connectivity index (χ2n) is 28.8. The van der Waals surface area contributed by atoms with Gasteiger partial charge in [0.15, 0.2) is 0 Å². The van der Waals surface area contributed by atoms with Crippen molar-refractivity contribution in [2.45, 2.75) is 5.41 Å². The number of rotatable bonds is 6. The van der Waals surface area contributed by atoms with E-state index >= 15 is 0 Å². The maximum absolute atomic E-state index is 2.62. The van der Waals surface area contributed by atoms with E-state index in [4.69, 9.17) is 0 Å². The van der Waals surface area contributed by atoms with Gasteiger partial charge in [0.1, 0.15) is 0 Å². The Morgan fingerprint density at radius 3 is 1.08 bits per heavy atom. The second kappa shape index (κ2) is 21.7. The molecule has 0 saturated heterocycles. The van der Waals surface area contributed by atoms with Gasteiger partial charge in [-0.3, -0.25) is 0 Å². The first kappa shape index (κ1) is 57.9. The minimum atomic E-state index is -0.853. The molecule has 4 nitrogen and oxygen atoms in total. The zero-order chi connectivity index (χ0) is 68.3. The van der Waals surface area contributed by atoms with Crippen LogP contribution in [-0.4, -0.2) is 22.6 Å². The molecule has 6 heterocycles. The van der Waals surface area contributed by atoms with E-state index in [0.717, 1.165) is 22.7 Å². The van der Waals surface area contributed by atoms with Crippen molar-refractivity contribution in [1.29, 1.82) is 0 Å². The van der Waals surface area contributed by atoms with Crippen LogP contribution in [0.3, 0.4) is 0 Å². The number of thiophene rings is 2. The van der Waals surface area contributed by atoms with Crippen LogP contribution in [0.25, 0.3) is 118 Å². The summed E-state index contributed by atoms with van der Waals surface area (Å²) in [5, 5.41) is 10.3. The molecular formula is C97H58B2N4S2. The van der Waals surface area contributed by atoms with Crippen LogP contribution in [0, 0.1) is 0 Å². The highest BCUT2D eigenvalue weighted by atomic mass is 32.1. The lowest BCUT2D eigenvalue weighted by Crippen LogP contribution is -2.57. The van der Waals surface area contributed by atoms with Crippen molar-refractivity contribution < 1.29 is 0 Å². The first-order valence-electron chi connectivity index (χ1n) is 36.5. The van der Waals surface area contributed by atoms with E-state index in [1.165, 1.54) is 184 Å². The summed E-state index contributed by atoms with van der Waals surface area (Å²) >= 11 is 3.83. The molecular weight excluding hydrogens is 1310 g/mol. The topological polar surface area (TPSA) is 16.3 Å². The van der Waals surface area contributed by atoms with Gasteiger partial charge in [-0.15, -0.1) is 22.7 Å². The maximum atomic E-state index is 2.62. The third-order valence-corrected chi connectivity index (χ3v) is 26.2. The third kappa shape index (κ3) is 7.71. The molecule has 0 fully saturated rings. The Morgan fingerprint density at radius 1 is 0.257 bits per heavy atom. The number of anilines is 6. The highest BCUT2D eigenvalue weighted by Crippen LogP contribution is 2.67. The van der Waals surface area contributed by atoms with Crippen LogP contribution in [0.5, 0.6) is 0 Å². The van der Waals surface area contributed by atoms with Crippen molar-refractivity contribution in [2.75, 3.05) is 9.80 Å². The average molecular weight is 1370 g/mol. The molecule has 4 aliphatic rings. The van der Waals surface area contributed by atoms with Gasteiger partial charge in [0, 0.05) is 119 Å². The van der Waals surface area contributed by atoms with E-state index in [0.29, 0.717) is 0 Å².